The van der Waals surface area contributed by atoms with Crippen LogP contribution in [0.5, 0.6) is 11.5 Å². The Morgan fingerprint density at radius 3 is 1.28 bits per heavy atom. The Labute approximate surface area is 392 Å². The van der Waals surface area contributed by atoms with Crippen LogP contribution in [0.15, 0.2) is 116 Å². The lowest BCUT2D eigenvalue weighted by molar-refractivity contribution is -0.136. The van der Waals surface area contributed by atoms with Crippen molar-refractivity contribution >= 4 is 57.7 Å². The van der Waals surface area contributed by atoms with Crippen molar-refractivity contribution in [2.24, 2.45) is 5.41 Å². The normalized spacial score (nSPS) is 12.0. The summed E-state index contributed by atoms with van der Waals surface area (Å²) in [5.74, 6) is -3.00. The van der Waals surface area contributed by atoms with E-state index < -0.39 is 45.2 Å². The van der Waals surface area contributed by atoms with Gasteiger partial charge in [-0.2, -0.15) is 0 Å². The van der Waals surface area contributed by atoms with Gasteiger partial charge in [0, 0.05) is 25.9 Å². The fraction of sp³-hybridized carbons (Fsp3) is 0.294. The Morgan fingerprint density at radius 1 is 0.529 bits per heavy atom. The summed E-state index contributed by atoms with van der Waals surface area (Å²) in [6.07, 6.45) is 1.69. The largest absolute Gasteiger partial charge is 0.505 e. The summed E-state index contributed by atoms with van der Waals surface area (Å²) in [6.45, 7) is 9.88. The van der Waals surface area contributed by atoms with Crippen molar-refractivity contribution in [1.82, 2.24) is 10.6 Å². The van der Waals surface area contributed by atoms with Crippen LogP contribution in [0, 0.1) is 5.41 Å². The second-order valence-electron chi connectivity index (χ2n) is 17.2. The number of aromatic hydroxyl groups is 2. The van der Waals surface area contributed by atoms with E-state index in [0.29, 0.717) is 19.3 Å². The first-order chi connectivity index (χ1) is 32.3. The zero-order chi connectivity index (χ0) is 49.7. The van der Waals surface area contributed by atoms with Crippen LogP contribution in [0.4, 0.5) is 34.1 Å². The molecule has 6 rings (SSSR count). The predicted octanol–water partition coefficient (Wildman–Crippen LogP) is 6.92. The Balaban J connectivity index is 0.000000256. The van der Waals surface area contributed by atoms with Crippen molar-refractivity contribution in [3.63, 3.8) is 0 Å². The number of benzene rings is 4. The van der Waals surface area contributed by atoms with Crippen LogP contribution >= 0.6 is 0 Å². The monoisotopic (exact) mass is 928 g/mol. The van der Waals surface area contributed by atoms with E-state index in [1.54, 1.807) is 6.07 Å². The van der Waals surface area contributed by atoms with Crippen LogP contribution in [0.3, 0.4) is 0 Å². The van der Waals surface area contributed by atoms with Crippen LogP contribution in [-0.4, -0.2) is 52.0 Å². The van der Waals surface area contributed by atoms with Crippen molar-refractivity contribution < 1.29 is 34.5 Å². The highest BCUT2D eigenvalue weighted by Gasteiger charge is 2.27. The number of para-hydroxylation sites is 2. The number of phenols is 2. The van der Waals surface area contributed by atoms with E-state index in [1.165, 1.54) is 30.3 Å². The van der Waals surface area contributed by atoms with Gasteiger partial charge in [0.25, 0.3) is 33.5 Å². The molecule has 0 fully saturated rings. The van der Waals surface area contributed by atoms with Crippen molar-refractivity contribution in [2.45, 2.75) is 78.8 Å². The quantitative estimate of drug-likeness (QED) is 0.0262. The van der Waals surface area contributed by atoms with E-state index >= 15 is 0 Å². The molecular weight excluding hydrogens is 873 g/mol. The molecule has 6 aromatic carbocycles. The lowest BCUT2D eigenvalue weighted by atomic mass is 9.89. The molecule has 6 aromatic rings. The van der Waals surface area contributed by atoms with Crippen LogP contribution < -0.4 is 53.6 Å². The topological polar surface area (TPSA) is 269 Å². The summed E-state index contributed by atoms with van der Waals surface area (Å²) in [7, 11) is 0. The van der Waals surface area contributed by atoms with Crippen LogP contribution in [0.2, 0.25) is 0 Å². The van der Waals surface area contributed by atoms with E-state index in [-0.39, 0.29) is 100 Å². The predicted molar refractivity (Wildman–Crippen MR) is 262 cm³/mol. The third-order valence-electron chi connectivity index (χ3n) is 10.8. The van der Waals surface area contributed by atoms with Crippen LogP contribution in [-0.2, 0) is 9.59 Å². The number of Topliss-reactive ketones (excluding diaryl/α,β-unsaturated/α-hetero) is 1. The number of amides is 2. The molecule has 0 bridgehead atoms. The molecule has 9 N–H and O–H groups in total. The fourth-order valence-corrected chi connectivity index (χ4v) is 7.25. The third-order valence-corrected chi connectivity index (χ3v) is 10.8. The Hall–Kier alpha value is -8.08. The number of anilines is 6. The van der Waals surface area contributed by atoms with Gasteiger partial charge in [0.2, 0.25) is 0 Å². The number of phenolic OH excluding ortho intramolecular Hbond substituents is 2. The number of hydrogen-bond acceptors (Lipinski definition) is 14. The van der Waals surface area contributed by atoms with Gasteiger partial charge in [-0.05, 0) is 53.6 Å². The number of ketones is 1. The lowest BCUT2D eigenvalue weighted by Crippen LogP contribution is -2.37. The second-order valence-corrected chi connectivity index (χ2v) is 17.2. The molecule has 356 valence electrons. The maximum atomic E-state index is 12.6. The zero-order valence-electron chi connectivity index (χ0n) is 38.4. The van der Waals surface area contributed by atoms with Gasteiger partial charge in [0.1, 0.15) is 28.5 Å². The molecule has 17 heteroatoms. The number of carbonyl (C=O) groups is 4. The highest BCUT2D eigenvalue weighted by Crippen LogP contribution is 2.35. The first-order valence-electron chi connectivity index (χ1n) is 22.1. The number of carboxylic acids is 1. The Kier molecular flexibility index (Phi) is 17.1. The van der Waals surface area contributed by atoms with Crippen LogP contribution in [0.1, 0.15) is 111 Å². The highest BCUT2D eigenvalue weighted by molar-refractivity contribution is 6.00. The number of carboxylic acid groups (broad SMARTS) is 1. The van der Waals surface area contributed by atoms with Gasteiger partial charge in [-0.1, -0.05) is 107 Å². The maximum absolute atomic E-state index is 12.6. The van der Waals surface area contributed by atoms with E-state index in [0.717, 1.165) is 11.1 Å². The standard InChI is InChI=1S/C28H33N3O5.C23H23N3O6/c1-5-20(17-10-7-6-8-11-17)30-22-23(26(35)25(22)34)31-21-13-9-12-19(24(21)33)27(36)29-15-14-18(32)16-28(2,3)4;1-2-15(13-7-4-3-5-8-13)25-18-19(22(31)21(18)30)26-16-10-6-9-14(20(16)29)23(32)24-12-11-17(27)28/h6-13,20,30-31,33H,5,14-16H2,1-4H3,(H,29,36);3-10,15,25-26,29H,2,11-12H2,1H3,(H,24,32)(H,27,28)/t20-;15-/m11/s1. The SMILES string of the molecule is CC[C@@H](Nc1c(Nc2cccc(C(=O)NCCC(=O)CC(C)(C)C)c2O)c(=O)c1=O)c1ccccc1.CC[C@@H](Nc1c(Nc2cccc(C(=O)NCCC(=O)O)c2O)c(=O)c1=O)c1ccccc1. The minimum absolute atomic E-state index is 0.00289. The summed E-state index contributed by atoms with van der Waals surface area (Å²) in [4.78, 5) is 96.5. The number of hydrogen-bond donors (Lipinski definition) is 9. The molecule has 0 unspecified atom stereocenters. The summed E-state index contributed by atoms with van der Waals surface area (Å²) in [5.41, 5.74) is -0.549. The van der Waals surface area contributed by atoms with Gasteiger partial charge in [0.15, 0.2) is 11.5 Å². The zero-order valence-corrected chi connectivity index (χ0v) is 38.4. The summed E-state index contributed by atoms with van der Waals surface area (Å²) in [6, 6.07) is 27.5. The summed E-state index contributed by atoms with van der Waals surface area (Å²) in [5, 5.41) is 46.7. The molecule has 0 aliphatic heterocycles. The number of nitrogens with one attached hydrogen (secondary N) is 6. The fourth-order valence-electron chi connectivity index (χ4n) is 7.25. The Bertz CT molecular complexity index is 2890. The van der Waals surface area contributed by atoms with Crippen LogP contribution in [0.25, 0.3) is 0 Å². The number of rotatable bonds is 21. The highest BCUT2D eigenvalue weighted by atomic mass is 16.4. The molecular formula is C51H56N6O11. The summed E-state index contributed by atoms with van der Waals surface area (Å²) < 4.78 is 0. The average molecular weight is 929 g/mol. The molecule has 0 aliphatic carbocycles. The van der Waals surface area contributed by atoms with Gasteiger partial charge < -0.3 is 47.2 Å². The minimum Gasteiger partial charge on any atom is -0.505 e. The summed E-state index contributed by atoms with van der Waals surface area (Å²) >= 11 is 0. The van der Waals surface area contributed by atoms with E-state index in [1.807, 2.05) is 95.3 Å². The minimum atomic E-state index is -1.06. The number of aliphatic carboxylic acids is 1. The van der Waals surface area contributed by atoms with Gasteiger partial charge in [-0.15, -0.1) is 0 Å². The van der Waals surface area contributed by atoms with Crippen molar-refractivity contribution in [3.8, 4) is 11.5 Å². The Morgan fingerprint density at radius 2 is 0.912 bits per heavy atom. The van der Waals surface area contributed by atoms with Gasteiger partial charge >= 0.3 is 5.97 Å². The average Bonchev–Trinajstić information content (AvgIpc) is 3.31. The molecule has 2 amide bonds. The van der Waals surface area contributed by atoms with Crippen molar-refractivity contribution in [3.05, 3.63) is 160 Å². The van der Waals surface area contributed by atoms with Gasteiger partial charge in [-0.25, -0.2) is 0 Å². The van der Waals surface area contributed by atoms with Crippen molar-refractivity contribution in [1.29, 1.82) is 0 Å². The van der Waals surface area contributed by atoms with Crippen molar-refractivity contribution in [2.75, 3.05) is 34.4 Å². The smallest absolute Gasteiger partial charge is 0.305 e. The molecule has 0 saturated carbocycles. The molecule has 2 atom stereocenters. The second kappa shape index (κ2) is 22.9. The van der Waals surface area contributed by atoms with Gasteiger partial charge in [0.05, 0.1) is 41.0 Å². The number of carbonyl (C=O) groups excluding carboxylic acids is 3. The molecule has 17 nitrogen and oxygen atoms in total. The molecule has 0 radical (unpaired) electrons. The molecule has 0 heterocycles. The van der Waals surface area contributed by atoms with E-state index in [9.17, 15) is 48.6 Å². The molecule has 68 heavy (non-hydrogen) atoms. The molecule has 0 saturated heterocycles. The maximum Gasteiger partial charge on any atom is 0.305 e. The van der Waals surface area contributed by atoms with E-state index in [4.69, 9.17) is 5.11 Å². The molecule has 0 spiro atoms. The first kappa shape index (κ1) is 50.9. The van der Waals surface area contributed by atoms with E-state index in [2.05, 4.69) is 31.9 Å². The first-order valence-corrected chi connectivity index (χ1v) is 22.1. The molecule has 0 aromatic heterocycles. The van der Waals surface area contributed by atoms with Gasteiger partial charge in [-0.3, -0.25) is 38.4 Å². The molecule has 0 aliphatic rings. The lowest BCUT2D eigenvalue weighted by Gasteiger charge is -2.22. The third kappa shape index (κ3) is 12.8.